The molecule has 0 aromatic heterocycles. The van der Waals surface area contributed by atoms with Gasteiger partial charge in [-0.1, -0.05) is 78.3 Å². The average molecular weight is 313 g/mol. The Hall–Kier alpha value is -1.13. The van der Waals surface area contributed by atoms with Crippen molar-refractivity contribution >= 4 is 17.4 Å². The Labute approximate surface area is 133 Å². The lowest BCUT2D eigenvalue weighted by molar-refractivity contribution is 1.06. The van der Waals surface area contributed by atoms with Crippen molar-refractivity contribution in [1.82, 2.24) is 0 Å². The van der Waals surface area contributed by atoms with Crippen LogP contribution >= 0.6 is 0 Å². The van der Waals surface area contributed by atoms with E-state index in [-0.39, 0.29) is 9.04 Å². The Balaban J connectivity index is 1.80. The second-order valence-electron chi connectivity index (χ2n) is 6.32. The first-order valence-electron chi connectivity index (χ1n) is 8.28. The molecular formula is C19H28Si2. The largest absolute Gasteiger partial charge is 0.0769 e. The SMILES string of the molecule is C[SiH2][SiH](CCc1ccc(C)cc1)CCc1ccc(C)cc1. The van der Waals surface area contributed by atoms with Gasteiger partial charge in [0.25, 0.3) is 0 Å². The summed E-state index contributed by atoms with van der Waals surface area (Å²) >= 11 is 0. The highest BCUT2D eigenvalue weighted by Gasteiger charge is 2.09. The van der Waals surface area contributed by atoms with Crippen LogP contribution < -0.4 is 0 Å². The van der Waals surface area contributed by atoms with Crippen LogP contribution in [0.5, 0.6) is 0 Å². The smallest absolute Gasteiger partial charge is 0.0245 e. The normalized spacial score (nSPS) is 11.6. The number of aryl methyl sites for hydroxylation is 4. The van der Waals surface area contributed by atoms with Crippen LogP contribution in [-0.4, -0.2) is 17.4 Å². The van der Waals surface area contributed by atoms with Gasteiger partial charge in [-0.15, -0.1) is 0 Å². The summed E-state index contributed by atoms with van der Waals surface area (Å²) in [5, 5.41) is 0. The molecule has 0 bridgehead atoms. The maximum atomic E-state index is 2.53. The fourth-order valence-electron chi connectivity index (χ4n) is 2.80. The van der Waals surface area contributed by atoms with E-state index in [0.29, 0.717) is 0 Å². The van der Waals surface area contributed by atoms with Crippen LogP contribution in [0, 0.1) is 13.8 Å². The number of hydrogen-bond donors (Lipinski definition) is 0. The molecule has 0 aliphatic heterocycles. The molecule has 0 nitrogen and oxygen atoms in total. The van der Waals surface area contributed by atoms with Gasteiger partial charge in [0.2, 0.25) is 0 Å². The Morgan fingerprint density at radius 3 is 1.43 bits per heavy atom. The molecule has 0 aliphatic rings. The minimum Gasteiger partial charge on any atom is -0.0769 e. The predicted octanol–water partition coefficient (Wildman–Crippen LogP) is 4.03. The lowest BCUT2D eigenvalue weighted by Gasteiger charge is -2.13. The molecule has 0 atom stereocenters. The Kier molecular flexibility index (Phi) is 6.46. The fraction of sp³-hybridized carbons (Fsp3) is 0.368. The number of hydrogen-bond acceptors (Lipinski definition) is 0. The van der Waals surface area contributed by atoms with Gasteiger partial charge in [0.15, 0.2) is 0 Å². The van der Waals surface area contributed by atoms with Gasteiger partial charge in [0.05, 0.1) is 0 Å². The van der Waals surface area contributed by atoms with Gasteiger partial charge in [0.1, 0.15) is 0 Å². The highest BCUT2D eigenvalue weighted by Crippen LogP contribution is 2.13. The van der Waals surface area contributed by atoms with Crippen molar-refractivity contribution in [3.05, 3.63) is 70.8 Å². The van der Waals surface area contributed by atoms with Crippen LogP contribution in [-0.2, 0) is 12.8 Å². The van der Waals surface area contributed by atoms with Crippen LogP contribution in [0.3, 0.4) is 0 Å². The van der Waals surface area contributed by atoms with Crippen molar-refractivity contribution < 1.29 is 0 Å². The molecular weight excluding hydrogens is 284 g/mol. The molecule has 0 spiro atoms. The molecule has 21 heavy (non-hydrogen) atoms. The quantitative estimate of drug-likeness (QED) is 0.677. The highest BCUT2D eigenvalue weighted by atomic mass is 29.2. The van der Waals surface area contributed by atoms with E-state index in [0.717, 1.165) is 0 Å². The van der Waals surface area contributed by atoms with Crippen molar-refractivity contribution in [2.45, 2.75) is 45.3 Å². The molecule has 2 aromatic rings. The molecule has 0 fully saturated rings. The van der Waals surface area contributed by atoms with Gasteiger partial charge in [-0.25, -0.2) is 0 Å². The van der Waals surface area contributed by atoms with E-state index in [1.165, 1.54) is 47.2 Å². The maximum Gasteiger partial charge on any atom is 0.0245 e. The molecule has 2 heteroatoms. The first-order chi connectivity index (χ1) is 10.2. The van der Waals surface area contributed by atoms with Crippen molar-refractivity contribution in [2.75, 3.05) is 0 Å². The van der Waals surface area contributed by atoms with Crippen LogP contribution in [0.4, 0.5) is 0 Å². The second kappa shape index (κ2) is 8.35. The molecule has 0 radical (unpaired) electrons. The van der Waals surface area contributed by atoms with Gasteiger partial charge in [-0.2, -0.15) is 0 Å². The van der Waals surface area contributed by atoms with Crippen molar-refractivity contribution in [2.24, 2.45) is 0 Å². The first-order valence-corrected chi connectivity index (χ1v) is 14.6. The van der Waals surface area contributed by atoms with E-state index in [4.69, 9.17) is 0 Å². The summed E-state index contributed by atoms with van der Waals surface area (Å²) in [4.78, 5) is 0. The molecule has 0 saturated carbocycles. The summed E-state index contributed by atoms with van der Waals surface area (Å²) in [6.07, 6.45) is 2.62. The average Bonchev–Trinajstić information content (AvgIpc) is 2.51. The highest BCUT2D eigenvalue weighted by molar-refractivity contribution is 7.11. The summed E-state index contributed by atoms with van der Waals surface area (Å²) in [7, 11) is -0.219. The summed E-state index contributed by atoms with van der Waals surface area (Å²) in [5.74, 6) is 0. The van der Waals surface area contributed by atoms with Crippen molar-refractivity contribution in [3.8, 4) is 0 Å². The van der Waals surface area contributed by atoms with Crippen LogP contribution in [0.2, 0.25) is 18.6 Å². The van der Waals surface area contributed by atoms with E-state index >= 15 is 0 Å². The summed E-state index contributed by atoms with van der Waals surface area (Å²) in [6, 6.07) is 21.3. The first kappa shape index (κ1) is 16.2. The van der Waals surface area contributed by atoms with Crippen LogP contribution in [0.1, 0.15) is 22.3 Å². The fourth-order valence-corrected chi connectivity index (χ4v) is 9.07. The summed E-state index contributed by atoms with van der Waals surface area (Å²) < 4.78 is 0. The van der Waals surface area contributed by atoms with E-state index in [9.17, 15) is 0 Å². The lowest BCUT2D eigenvalue weighted by atomic mass is 10.1. The Morgan fingerprint density at radius 1 is 0.714 bits per heavy atom. The molecule has 2 aromatic carbocycles. The van der Waals surface area contributed by atoms with Crippen LogP contribution in [0.25, 0.3) is 0 Å². The van der Waals surface area contributed by atoms with E-state index < -0.39 is 8.31 Å². The van der Waals surface area contributed by atoms with E-state index in [2.05, 4.69) is 68.9 Å². The molecule has 0 unspecified atom stereocenters. The number of benzene rings is 2. The minimum atomic E-state index is -0.438. The predicted molar refractivity (Wildman–Crippen MR) is 101 cm³/mol. The Morgan fingerprint density at radius 2 is 1.10 bits per heavy atom. The topological polar surface area (TPSA) is 0 Å². The number of rotatable bonds is 7. The van der Waals surface area contributed by atoms with Gasteiger partial charge >= 0.3 is 0 Å². The zero-order valence-electron chi connectivity index (χ0n) is 13.7. The van der Waals surface area contributed by atoms with Crippen molar-refractivity contribution in [3.63, 3.8) is 0 Å². The van der Waals surface area contributed by atoms with Gasteiger partial charge in [-0.3, -0.25) is 0 Å². The third kappa shape index (κ3) is 5.64. The summed E-state index contributed by atoms with van der Waals surface area (Å²) in [6.45, 7) is 6.87. The molecule has 0 saturated heterocycles. The maximum absolute atomic E-state index is 2.53. The summed E-state index contributed by atoms with van der Waals surface area (Å²) in [5.41, 5.74) is 5.82. The molecule has 0 heterocycles. The van der Waals surface area contributed by atoms with E-state index in [1.54, 1.807) is 0 Å². The zero-order valence-corrected chi connectivity index (χ0v) is 16.3. The third-order valence-electron chi connectivity index (χ3n) is 4.50. The molecule has 0 N–H and O–H groups in total. The molecule has 2 rings (SSSR count). The minimum absolute atomic E-state index is 0.219. The van der Waals surface area contributed by atoms with Gasteiger partial charge in [-0.05, 0) is 37.8 Å². The van der Waals surface area contributed by atoms with E-state index in [1.807, 2.05) is 0 Å². The van der Waals surface area contributed by atoms with Gasteiger partial charge < -0.3 is 0 Å². The van der Waals surface area contributed by atoms with Crippen molar-refractivity contribution in [1.29, 1.82) is 0 Å². The molecule has 0 aliphatic carbocycles. The zero-order chi connectivity index (χ0) is 15.1. The van der Waals surface area contributed by atoms with Gasteiger partial charge in [0, 0.05) is 17.4 Å². The Bertz CT molecular complexity index is 479. The standard InChI is InChI=1S/C19H28Si2/c1-16-4-8-18(9-5-16)12-14-21(20-3)15-13-19-10-6-17(2)7-11-19/h4-11,21H,12-15,20H2,1-3H3. The monoisotopic (exact) mass is 312 g/mol. The van der Waals surface area contributed by atoms with Crippen LogP contribution in [0.15, 0.2) is 48.5 Å². The third-order valence-corrected chi connectivity index (χ3v) is 13.8. The molecule has 0 amide bonds. The second-order valence-corrected chi connectivity index (χ2v) is 15.9. The lowest BCUT2D eigenvalue weighted by Crippen LogP contribution is -2.21. The molecule has 112 valence electrons.